The third-order valence-corrected chi connectivity index (χ3v) is 2.20. The van der Waals surface area contributed by atoms with Crippen molar-refractivity contribution in [3.63, 3.8) is 0 Å². The first-order valence-electron chi connectivity index (χ1n) is 4.12. The van der Waals surface area contributed by atoms with Crippen LogP contribution in [0.4, 0.5) is 5.82 Å². The number of halogens is 1. The first-order chi connectivity index (χ1) is 6.74. The summed E-state index contributed by atoms with van der Waals surface area (Å²) in [6, 6.07) is 3.73. The molecule has 0 fully saturated rings. The summed E-state index contributed by atoms with van der Waals surface area (Å²) in [6.45, 7) is 0.707. The van der Waals surface area contributed by atoms with E-state index in [1.54, 1.807) is 18.5 Å². The molecule has 0 radical (unpaired) electrons. The largest absolute Gasteiger partial charge is 0.384 e. The van der Waals surface area contributed by atoms with Crippen molar-refractivity contribution in [1.82, 2.24) is 14.8 Å². The van der Waals surface area contributed by atoms with Gasteiger partial charge in [0.15, 0.2) is 0 Å². The van der Waals surface area contributed by atoms with Gasteiger partial charge >= 0.3 is 0 Å². The Balaban J connectivity index is 2.15. The van der Waals surface area contributed by atoms with E-state index < -0.39 is 0 Å². The summed E-state index contributed by atoms with van der Waals surface area (Å²) in [6.07, 6.45) is 5.42. The highest BCUT2D eigenvalue weighted by Gasteiger charge is 1.97. The molecule has 0 unspecified atom stereocenters. The number of nitrogens with two attached hydrogens (primary N) is 1. The zero-order valence-electron chi connectivity index (χ0n) is 7.39. The highest BCUT2D eigenvalue weighted by molar-refractivity contribution is 9.10. The quantitative estimate of drug-likeness (QED) is 0.885. The third kappa shape index (κ3) is 2.11. The molecule has 0 atom stereocenters. The lowest BCUT2D eigenvalue weighted by Crippen LogP contribution is -2.00. The first kappa shape index (κ1) is 9.21. The van der Waals surface area contributed by atoms with Gasteiger partial charge in [0.1, 0.15) is 5.82 Å². The van der Waals surface area contributed by atoms with E-state index in [1.165, 1.54) is 0 Å². The van der Waals surface area contributed by atoms with E-state index in [2.05, 4.69) is 26.0 Å². The monoisotopic (exact) mass is 252 g/mol. The number of hydrogen-bond donors (Lipinski definition) is 1. The molecule has 72 valence electrons. The highest BCUT2D eigenvalue weighted by atomic mass is 79.9. The number of pyridine rings is 1. The molecule has 2 N–H and O–H groups in total. The van der Waals surface area contributed by atoms with Crippen LogP contribution in [-0.4, -0.2) is 14.8 Å². The van der Waals surface area contributed by atoms with Gasteiger partial charge in [-0.3, -0.25) is 4.68 Å². The molecular weight excluding hydrogens is 244 g/mol. The summed E-state index contributed by atoms with van der Waals surface area (Å²) in [4.78, 5) is 4.01. The number of aromatic nitrogens is 3. The smallest absolute Gasteiger partial charge is 0.123 e. The lowest BCUT2D eigenvalue weighted by Gasteiger charge is -2.00. The fourth-order valence-electron chi connectivity index (χ4n) is 1.14. The van der Waals surface area contributed by atoms with Crippen LogP contribution in [0.2, 0.25) is 0 Å². The van der Waals surface area contributed by atoms with Crippen molar-refractivity contribution < 1.29 is 0 Å². The van der Waals surface area contributed by atoms with E-state index in [9.17, 15) is 0 Å². The zero-order valence-corrected chi connectivity index (χ0v) is 8.98. The van der Waals surface area contributed by atoms with Crippen LogP contribution in [0.25, 0.3) is 0 Å². The zero-order chi connectivity index (χ0) is 9.97. The minimum absolute atomic E-state index is 0.537. The summed E-state index contributed by atoms with van der Waals surface area (Å²) in [5, 5.41) is 4.14. The first-order valence-corrected chi connectivity index (χ1v) is 4.92. The molecule has 4 nitrogen and oxygen atoms in total. The molecular formula is C9H9BrN4. The van der Waals surface area contributed by atoms with Crippen LogP contribution in [0, 0.1) is 0 Å². The van der Waals surface area contributed by atoms with Gasteiger partial charge in [-0.1, -0.05) is 6.07 Å². The standard InChI is InChI=1S/C9H9BrN4/c10-8-4-13-14(6-8)5-7-1-2-9(11)12-3-7/h1-4,6H,5H2,(H2,11,12). The molecule has 2 rings (SSSR count). The van der Waals surface area contributed by atoms with E-state index in [-0.39, 0.29) is 0 Å². The fourth-order valence-corrected chi connectivity index (χ4v) is 1.47. The van der Waals surface area contributed by atoms with E-state index in [1.807, 2.05) is 16.9 Å². The van der Waals surface area contributed by atoms with Gasteiger partial charge < -0.3 is 5.73 Å². The van der Waals surface area contributed by atoms with Crippen LogP contribution < -0.4 is 5.73 Å². The van der Waals surface area contributed by atoms with Crippen molar-refractivity contribution >= 4 is 21.7 Å². The second kappa shape index (κ2) is 3.79. The average Bonchev–Trinajstić information content (AvgIpc) is 2.56. The Hall–Kier alpha value is -1.36. The molecule has 0 saturated heterocycles. The van der Waals surface area contributed by atoms with Gasteiger partial charge in [0.05, 0.1) is 17.2 Å². The number of nitrogens with zero attached hydrogens (tertiary/aromatic N) is 3. The summed E-state index contributed by atoms with van der Waals surface area (Å²) >= 11 is 3.34. The van der Waals surface area contributed by atoms with Gasteiger partial charge in [0.25, 0.3) is 0 Å². The molecule has 0 aliphatic rings. The lowest BCUT2D eigenvalue weighted by molar-refractivity contribution is 0.685. The maximum atomic E-state index is 5.48. The van der Waals surface area contributed by atoms with Crippen LogP contribution >= 0.6 is 15.9 Å². The van der Waals surface area contributed by atoms with E-state index in [0.29, 0.717) is 12.4 Å². The molecule has 0 bridgehead atoms. The van der Waals surface area contributed by atoms with Crippen molar-refractivity contribution in [3.05, 3.63) is 40.8 Å². The highest BCUT2D eigenvalue weighted by Crippen LogP contribution is 2.08. The van der Waals surface area contributed by atoms with Crippen LogP contribution in [0.15, 0.2) is 35.2 Å². The van der Waals surface area contributed by atoms with E-state index in [4.69, 9.17) is 5.73 Å². The number of rotatable bonds is 2. The molecule has 0 saturated carbocycles. The van der Waals surface area contributed by atoms with Gasteiger partial charge in [-0.05, 0) is 27.6 Å². The van der Waals surface area contributed by atoms with Crippen molar-refractivity contribution in [1.29, 1.82) is 0 Å². The van der Waals surface area contributed by atoms with E-state index >= 15 is 0 Å². The molecule has 2 aromatic rings. The molecule has 2 aromatic heterocycles. The van der Waals surface area contributed by atoms with Crippen LogP contribution in [0.3, 0.4) is 0 Å². The predicted octanol–water partition coefficient (Wildman–Crippen LogP) is 1.67. The molecule has 5 heteroatoms. The Morgan fingerprint density at radius 2 is 2.21 bits per heavy atom. The predicted molar refractivity (Wildman–Crippen MR) is 57.7 cm³/mol. The number of nitrogen functional groups attached to an aromatic ring is 1. The Bertz CT molecular complexity index is 421. The Kier molecular flexibility index (Phi) is 2.49. The van der Waals surface area contributed by atoms with Crippen molar-refractivity contribution in [2.75, 3.05) is 5.73 Å². The Labute approximate surface area is 89.9 Å². The van der Waals surface area contributed by atoms with Crippen molar-refractivity contribution in [3.8, 4) is 0 Å². The second-order valence-electron chi connectivity index (χ2n) is 2.95. The van der Waals surface area contributed by atoms with Gasteiger partial charge in [-0.15, -0.1) is 0 Å². The topological polar surface area (TPSA) is 56.7 Å². The van der Waals surface area contributed by atoms with Crippen molar-refractivity contribution in [2.24, 2.45) is 0 Å². The second-order valence-corrected chi connectivity index (χ2v) is 3.86. The Morgan fingerprint density at radius 3 is 2.79 bits per heavy atom. The molecule has 0 spiro atoms. The average molecular weight is 253 g/mol. The number of anilines is 1. The number of hydrogen-bond acceptors (Lipinski definition) is 3. The Morgan fingerprint density at radius 1 is 1.36 bits per heavy atom. The van der Waals surface area contributed by atoms with Gasteiger partial charge in [0, 0.05) is 12.4 Å². The molecule has 0 aromatic carbocycles. The maximum Gasteiger partial charge on any atom is 0.123 e. The minimum atomic E-state index is 0.537. The van der Waals surface area contributed by atoms with Crippen LogP contribution in [0.5, 0.6) is 0 Å². The van der Waals surface area contributed by atoms with Crippen LogP contribution in [-0.2, 0) is 6.54 Å². The summed E-state index contributed by atoms with van der Waals surface area (Å²) < 4.78 is 2.80. The molecule has 14 heavy (non-hydrogen) atoms. The lowest BCUT2D eigenvalue weighted by atomic mass is 10.3. The molecule has 0 aliphatic carbocycles. The van der Waals surface area contributed by atoms with E-state index in [0.717, 1.165) is 10.0 Å². The molecule has 0 aliphatic heterocycles. The van der Waals surface area contributed by atoms with Crippen molar-refractivity contribution in [2.45, 2.75) is 6.54 Å². The normalized spacial score (nSPS) is 10.4. The van der Waals surface area contributed by atoms with Gasteiger partial charge in [-0.2, -0.15) is 5.10 Å². The summed E-state index contributed by atoms with van der Waals surface area (Å²) in [5.74, 6) is 0.537. The molecule has 0 amide bonds. The van der Waals surface area contributed by atoms with Crippen LogP contribution in [0.1, 0.15) is 5.56 Å². The summed E-state index contributed by atoms with van der Waals surface area (Å²) in [7, 11) is 0. The minimum Gasteiger partial charge on any atom is -0.384 e. The maximum absolute atomic E-state index is 5.48. The van der Waals surface area contributed by atoms with Gasteiger partial charge in [-0.25, -0.2) is 4.98 Å². The third-order valence-electron chi connectivity index (χ3n) is 1.79. The SMILES string of the molecule is Nc1ccc(Cn2cc(Br)cn2)cn1. The van der Waals surface area contributed by atoms with Gasteiger partial charge in [0.2, 0.25) is 0 Å². The molecule has 2 heterocycles. The summed E-state index contributed by atoms with van der Waals surface area (Å²) in [5.41, 5.74) is 6.56. The fraction of sp³-hybridized carbons (Fsp3) is 0.111.